The summed E-state index contributed by atoms with van der Waals surface area (Å²) in [5, 5.41) is 9.21. The molecule has 0 spiro atoms. The summed E-state index contributed by atoms with van der Waals surface area (Å²) in [5.41, 5.74) is 0. The van der Waals surface area contributed by atoms with Gasteiger partial charge in [0.25, 0.3) is 0 Å². The van der Waals surface area contributed by atoms with Crippen LogP contribution in [0.15, 0.2) is 28.7 Å². The molecule has 1 saturated heterocycles. The first-order chi connectivity index (χ1) is 9.70. The highest BCUT2D eigenvalue weighted by Gasteiger charge is 2.27. The molecule has 110 valence electrons. The van der Waals surface area contributed by atoms with Gasteiger partial charge in [0.05, 0.1) is 19.3 Å². The van der Waals surface area contributed by atoms with Crippen LogP contribution in [0.1, 0.15) is 25.7 Å². The maximum absolute atomic E-state index is 12.0. The Labute approximate surface area is 127 Å². The summed E-state index contributed by atoms with van der Waals surface area (Å²) in [7, 11) is 0. The minimum absolute atomic E-state index is 0.0230. The van der Waals surface area contributed by atoms with Gasteiger partial charge in [-0.15, -0.1) is 0 Å². The zero-order valence-corrected chi connectivity index (χ0v) is 13.0. The third kappa shape index (κ3) is 4.21. The second-order valence-electron chi connectivity index (χ2n) is 4.97. The fourth-order valence-corrected chi connectivity index (χ4v) is 2.71. The Morgan fingerprint density at radius 2 is 2.15 bits per heavy atom. The van der Waals surface area contributed by atoms with Crippen molar-refractivity contribution >= 4 is 21.8 Å². The molecule has 1 aliphatic rings. The largest absolute Gasteiger partial charge is 0.494 e. The summed E-state index contributed by atoms with van der Waals surface area (Å²) in [6.45, 7) is 1.38. The molecule has 1 aromatic carbocycles. The zero-order chi connectivity index (χ0) is 14.4. The van der Waals surface area contributed by atoms with Crippen molar-refractivity contribution in [1.29, 1.82) is 0 Å². The van der Waals surface area contributed by atoms with Crippen LogP contribution in [0.5, 0.6) is 5.75 Å². The van der Waals surface area contributed by atoms with E-state index >= 15 is 0 Å². The van der Waals surface area contributed by atoms with E-state index in [4.69, 9.17) is 4.74 Å². The number of hydrogen-bond donors (Lipinski definition) is 1. The van der Waals surface area contributed by atoms with Crippen LogP contribution in [0.4, 0.5) is 0 Å². The monoisotopic (exact) mass is 341 g/mol. The molecule has 0 aromatic heterocycles. The third-order valence-electron chi connectivity index (χ3n) is 3.53. The Hall–Kier alpha value is -1.07. The summed E-state index contributed by atoms with van der Waals surface area (Å²) in [5.74, 6) is 0.941. The van der Waals surface area contributed by atoms with Gasteiger partial charge >= 0.3 is 0 Å². The minimum Gasteiger partial charge on any atom is -0.494 e. The molecule has 1 heterocycles. The molecule has 5 heteroatoms. The van der Waals surface area contributed by atoms with E-state index in [1.54, 1.807) is 4.90 Å². The summed E-state index contributed by atoms with van der Waals surface area (Å²) in [4.78, 5) is 13.8. The average molecular weight is 342 g/mol. The standard InChI is InChI=1S/C15H20BrNO3/c16-12-5-7-14(8-6-12)20-10-2-4-15(19)17-9-1-3-13(17)11-18/h5-8,13,18H,1-4,9-11H2. The van der Waals surface area contributed by atoms with Gasteiger partial charge in [0, 0.05) is 17.4 Å². The summed E-state index contributed by atoms with van der Waals surface area (Å²) in [6.07, 6.45) is 3.08. The number of likely N-dealkylation sites (tertiary alicyclic amines) is 1. The molecule has 4 nitrogen and oxygen atoms in total. The fourth-order valence-electron chi connectivity index (χ4n) is 2.44. The molecular formula is C15H20BrNO3. The van der Waals surface area contributed by atoms with E-state index < -0.39 is 0 Å². The van der Waals surface area contributed by atoms with E-state index in [1.165, 1.54) is 0 Å². The maximum atomic E-state index is 12.0. The van der Waals surface area contributed by atoms with E-state index in [-0.39, 0.29) is 18.6 Å². The van der Waals surface area contributed by atoms with Crippen molar-refractivity contribution < 1.29 is 14.6 Å². The Morgan fingerprint density at radius 1 is 1.40 bits per heavy atom. The predicted molar refractivity (Wildman–Crippen MR) is 80.7 cm³/mol. The molecule has 1 atom stereocenters. The number of halogens is 1. The topological polar surface area (TPSA) is 49.8 Å². The highest BCUT2D eigenvalue weighted by molar-refractivity contribution is 9.10. The van der Waals surface area contributed by atoms with Crippen LogP contribution in [-0.2, 0) is 4.79 Å². The Kier molecular flexibility index (Phi) is 5.86. The number of amides is 1. The Balaban J connectivity index is 1.68. The maximum Gasteiger partial charge on any atom is 0.223 e. The van der Waals surface area contributed by atoms with Gasteiger partial charge in [-0.2, -0.15) is 0 Å². The Bertz CT molecular complexity index is 435. The van der Waals surface area contributed by atoms with Gasteiger partial charge in [-0.1, -0.05) is 15.9 Å². The fraction of sp³-hybridized carbons (Fsp3) is 0.533. The van der Waals surface area contributed by atoms with E-state index in [9.17, 15) is 9.90 Å². The number of aliphatic hydroxyl groups is 1. The van der Waals surface area contributed by atoms with E-state index in [1.807, 2.05) is 24.3 Å². The van der Waals surface area contributed by atoms with Crippen molar-refractivity contribution in [1.82, 2.24) is 4.90 Å². The van der Waals surface area contributed by atoms with Gasteiger partial charge in [-0.3, -0.25) is 4.79 Å². The molecule has 1 fully saturated rings. The second-order valence-corrected chi connectivity index (χ2v) is 5.89. The number of ether oxygens (including phenoxy) is 1. The van der Waals surface area contributed by atoms with Crippen LogP contribution in [-0.4, -0.2) is 41.7 Å². The number of carbonyl (C=O) groups is 1. The molecule has 1 amide bonds. The number of hydrogen-bond acceptors (Lipinski definition) is 3. The van der Waals surface area contributed by atoms with Crippen molar-refractivity contribution in [3.63, 3.8) is 0 Å². The first-order valence-electron chi connectivity index (χ1n) is 6.99. The highest BCUT2D eigenvalue weighted by atomic mass is 79.9. The van der Waals surface area contributed by atoms with E-state index in [0.29, 0.717) is 19.4 Å². The quantitative estimate of drug-likeness (QED) is 0.809. The number of carbonyl (C=O) groups excluding carboxylic acids is 1. The summed E-state index contributed by atoms with van der Waals surface area (Å²) in [6, 6.07) is 7.67. The number of aliphatic hydroxyl groups excluding tert-OH is 1. The first kappa shape index (κ1) is 15.3. The predicted octanol–water partition coefficient (Wildman–Crippen LogP) is 2.59. The molecule has 1 aliphatic heterocycles. The second kappa shape index (κ2) is 7.64. The van der Waals surface area contributed by atoms with Gasteiger partial charge in [0.15, 0.2) is 0 Å². The van der Waals surface area contributed by atoms with Crippen LogP contribution < -0.4 is 4.74 Å². The molecule has 1 unspecified atom stereocenters. The van der Waals surface area contributed by atoms with Gasteiger partial charge in [0.1, 0.15) is 5.75 Å². The summed E-state index contributed by atoms with van der Waals surface area (Å²) < 4.78 is 6.60. The van der Waals surface area contributed by atoms with Gasteiger partial charge in [-0.05, 0) is 43.5 Å². The average Bonchev–Trinajstić information content (AvgIpc) is 2.94. The zero-order valence-electron chi connectivity index (χ0n) is 11.4. The van der Waals surface area contributed by atoms with Gasteiger partial charge < -0.3 is 14.7 Å². The van der Waals surface area contributed by atoms with Crippen molar-refractivity contribution in [3.8, 4) is 5.75 Å². The van der Waals surface area contributed by atoms with E-state index in [2.05, 4.69) is 15.9 Å². The molecule has 0 aliphatic carbocycles. The molecule has 0 radical (unpaired) electrons. The van der Waals surface area contributed by atoms with Crippen LogP contribution >= 0.6 is 15.9 Å². The first-order valence-corrected chi connectivity index (χ1v) is 7.78. The van der Waals surface area contributed by atoms with Crippen LogP contribution in [0.25, 0.3) is 0 Å². The lowest BCUT2D eigenvalue weighted by Crippen LogP contribution is -2.37. The number of benzene rings is 1. The van der Waals surface area contributed by atoms with Crippen LogP contribution in [0.2, 0.25) is 0 Å². The Morgan fingerprint density at radius 3 is 2.85 bits per heavy atom. The SMILES string of the molecule is O=C(CCCOc1ccc(Br)cc1)N1CCCC1CO. The smallest absolute Gasteiger partial charge is 0.223 e. The number of rotatable bonds is 6. The lowest BCUT2D eigenvalue weighted by atomic mass is 10.2. The lowest BCUT2D eigenvalue weighted by molar-refractivity contribution is -0.132. The highest BCUT2D eigenvalue weighted by Crippen LogP contribution is 2.19. The number of nitrogens with zero attached hydrogens (tertiary/aromatic N) is 1. The summed E-state index contributed by atoms with van der Waals surface area (Å²) >= 11 is 3.37. The molecule has 2 rings (SSSR count). The van der Waals surface area contributed by atoms with E-state index in [0.717, 1.165) is 29.6 Å². The minimum atomic E-state index is 0.0230. The molecule has 20 heavy (non-hydrogen) atoms. The normalized spacial score (nSPS) is 18.3. The molecule has 0 saturated carbocycles. The van der Waals surface area contributed by atoms with Crippen molar-refractivity contribution in [2.24, 2.45) is 0 Å². The molecular weight excluding hydrogens is 322 g/mol. The van der Waals surface area contributed by atoms with Crippen molar-refractivity contribution in [3.05, 3.63) is 28.7 Å². The van der Waals surface area contributed by atoms with Crippen molar-refractivity contribution in [2.75, 3.05) is 19.8 Å². The third-order valence-corrected chi connectivity index (χ3v) is 4.05. The van der Waals surface area contributed by atoms with Crippen LogP contribution in [0, 0.1) is 0 Å². The van der Waals surface area contributed by atoms with Gasteiger partial charge in [-0.25, -0.2) is 0 Å². The molecule has 1 N–H and O–H groups in total. The molecule has 1 aromatic rings. The molecule has 0 bridgehead atoms. The van der Waals surface area contributed by atoms with Crippen molar-refractivity contribution in [2.45, 2.75) is 31.7 Å². The lowest BCUT2D eigenvalue weighted by Gasteiger charge is -2.22. The van der Waals surface area contributed by atoms with Gasteiger partial charge in [0.2, 0.25) is 5.91 Å². The van der Waals surface area contributed by atoms with Crippen LogP contribution in [0.3, 0.4) is 0 Å².